The maximum atomic E-state index is 13.4. The molecule has 2 amide bonds. The summed E-state index contributed by atoms with van der Waals surface area (Å²) in [6.07, 6.45) is 3.29. The van der Waals surface area contributed by atoms with E-state index in [0.29, 0.717) is 50.8 Å². The zero-order valence-corrected chi connectivity index (χ0v) is 17.1. The van der Waals surface area contributed by atoms with Gasteiger partial charge < -0.3 is 25.2 Å². The minimum Gasteiger partial charge on any atom is -0.368 e. The Kier molecular flexibility index (Phi) is 4.68. The molecule has 156 valence electrons. The molecule has 4 fully saturated rings. The molecule has 1 aromatic rings. The molecular formula is C20H26ClN5O3. The van der Waals surface area contributed by atoms with Crippen LogP contribution in [0.3, 0.4) is 0 Å². The first-order valence-electron chi connectivity index (χ1n) is 10.3. The van der Waals surface area contributed by atoms with Gasteiger partial charge in [0.15, 0.2) is 0 Å². The molecule has 5 rings (SSSR count). The maximum absolute atomic E-state index is 13.4. The van der Waals surface area contributed by atoms with Crippen molar-refractivity contribution in [3.63, 3.8) is 0 Å². The molecule has 4 atom stereocenters. The summed E-state index contributed by atoms with van der Waals surface area (Å²) in [5.41, 5.74) is 5.18. The number of nitrogens with two attached hydrogens (primary N) is 1. The van der Waals surface area contributed by atoms with Crippen LogP contribution in [0, 0.1) is 11.8 Å². The summed E-state index contributed by atoms with van der Waals surface area (Å²) in [5, 5.41) is 0.618. The zero-order valence-electron chi connectivity index (χ0n) is 16.3. The van der Waals surface area contributed by atoms with Crippen LogP contribution in [0.25, 0.3) is 0 Å². The van der Waals surface area contributed by atoms with Gasteiger partial charge >= 0.3 is 0 Å². The van der Waals surface area contributed by atoms with Crippen molar-refractivity contribution in [2.45, 2.75) is 24.5 Å². The fourth-order valence-corrected chi connectivity index (χ4v) is 5.87. The van der Waals surface area contributed by atoms with E-state index in [1.807, 2.05) is 17.0 Å². The maximum Gasteiger partial charge on any atom is 0.229 e. The number of carbonyl (C=O) groups is 2. The second-order valence-corrected chi connectivity index (χ2v) is 8.84. The van der Waals surface area contributed by atoms with Gasteiger partial charge in [-0.3, -0.25) is 9.59 Å². The van der Waals surface area contributed by atoms with Crippen LogP contribution >= 0.6 is 11.6 Å². The van der Waals surface area contributed by atoms with Crippen molar-refractivity contribution in [3.8, 4) is 0 Å². The molecule has 4 aliphatic rings. The summed E-state index contributed by atoms with van der Waals surface area (Å²) in [5.74, 6) is 0.116. The Morgan fingerprint density at radius 1 is 1.34 bits per heavy atom. The summed E-state index contributed by atoms with van der Waals surface area (Å²) in [6.45, 7) is 4.04. The highest BCUT2D eigenvalue weighted by Gasteiger charge is 2.69. The zero-order chi connectivity index (χ0) is 20.2. The number of halogens is 1. The molecule has 4 aliphatic heterocycles. The number of anilines is 1. The third-order valence-corrected chi connectivity index (χ3v) is 7.21. The first-order chi connectivity index (χ1) is 14.0. The number of piperazine rings is 1. The molecule has 29 heavy (non-hydrogen) atoms. The molecule has 8 nitrogen and oxygen atoms in total. The van der Waals surface area contributed by atoms with Gasteiger partial charge in [-0.25, -0.2) is 4.98 Å². The number of nitrogens with zero attached hydrogens (tertiary/aromatic N) is 4. The topological polar surface area (TPSA) is 92.0 Å². The lowest BCUT2D eigenvalue weighted by Crippen LogP contribution is -2.54. The largest absolute Gasteiger partial charge is 0.368 e. The van der Waals surface area contributed by atoms with Gasteiger partial charge in [0, 0.05) is 45.5 Å². The highest BCUT2D eigenvalue weighted by atomic mass is 35.5. The van der Waals surface area contributed by atoms with Crippen LogP contribution in [0.1, 0.15) is 12.8 Å². The van der Waals surface area contributed by atoms with Crippen molar-refractivity contribution in [2.75, 3.05) is 50.7 Å². The number of carbonyl (C=O) groups excluding carboxylic acids is 2. The first-order valence-corrected chi connectivity index (χ1v) is 10.7. The number of aromatic nitrogens is 1. The van der Waals surface area contributed by atoms with Gasteiger partial charge in [-0.1, -0.05) is 11.6 Å². The minimum atomic E-state index is -0.486. The van der Waals surface area contributed by atoms with Gasteiger partial charge in [0.25, 0.3) is 0 Å². The highest BCUT2D eigenvalue weighted by Crippen LogP contribution is 2.55. The molecular weight excluding hydrogens is 394 g/mol. The van der Waals surface area contributed by atoms with E-state index in [0.717, 1.165) is 18.7 Å². The van der Waals surface area contributed by atoms with Crippen molar-refractivity contribution in [2.24, 2.45) is 17.6 Å². The van der Waals surface area contributed by atoms with Crippen molar-refractivity contribution >= 4 is 29.2 Å². The van der Waals surface area contributed by atoms with Crippen molar-refractivity contribution in [1.82, 2.24) is 14.8 Å². The van der Waals surface area contributed by atoms with Crippen molar-refractivity contribution in [1.29, 1.82) is 0 Å². The minimum absolute atomic E-state index is 0.0369. The Bertz CT molecular complexity index is 830. The second-order valence-electron chi connectivity index (χ2n) is 8.43. The van der Waals surface area contributed by atoms with Crippen LogP contribution in [0.4, 0.5) is 5.82 Å². The summed E-state index contributed by atoms with van der Waals surface area (Å²) >= 11 is 6.27. The standard InChI is InChI=1S/C20H26ClN5O3/c21-13-2-1-6-23-17(13)24-8-10-25(11-9-24)18(27)15-14-3-4-20(29-14)12-26(7-5-22)19(28)16(15)20/h1-2,6,14-16H,3-5,7-12,22H2/t14-,15-,16+,20-/m0/s1. The Morgan fingerprint density at radius 2 is 2.14 bits per heavy atom. The Hall–Kier alpha value is -1.90. The average Bonchev–Trinajstić information content (AvgIpc) is 3.37. The first kappa shape index (κ1) is 19.1. The van der Waals surface area contributed by atoms with Gasteiger partial charge in [0.2, 0.25) is 11.8 Å². The van der Waals surface area contributed by atoms with Crippen LogP contribution in [-0.4, -0.2) is 84.1 Å². The predicted molar refractivity (Wildman–Crippen MR) is 107 cm³/mol. The second kappa shape index (κ2) is 7.11. The number of rotatable bonds is 4. The van der Waals surface area contributed by atoms with E-state index >= 15 is 0 Å². The summed E-state index contributed by atoms with van der Waals surface area (Å²) in [6, 6.07) is 3.63. The van der Waals surface area contributed by atoms with Gasteiger partial charge in [-0.2, -0.15) is 0 Å². The van der Waals surface area contributed by atoms with Gasteiger partial charge in [0.1, 0.15) is 5.82 Å². The van der Waals surface area contributed by atoms with E-state index in [-0.39, 0.29) is 29.8 Å². The molecule has 0 radical (unpaired) electrons. The molecule has 0 unspecified atom stereocenters. The lowest BCUT2D eigenvalue weighted by Gasteiger charge is -2.38. The fourth-order valence-electron chi connectivity index (χ4n) is 5.63. The van der Waals surface area contributed by atoms with Gasteiger partial charge in [0.05, 0.1) is 35.1 Å². The third-order valence-electron chi connectivity index (χ3n) is 6.91. The molecule has 2 N–H and O–H groups in total. The van der Waals surface area contributed by atoms with Crippen molar-refractivity contribution < 1.29 is 14.3 Å². The average molecular weight is 420 g/mol. The molecule has 0 aliphatic carbocycles. The third kappa shape index (κ3) is 2.92. The molecule has 0 saturated carbocycles. The van der Waals surface area contributed by atoms with Crippen LogP contribution in [-0.2, 0) is 14.3 Å². The number of likely N-dealkylation sites (tertiary alicyclic amines) is 1. The monoisotopic (exact) mass is 419 g/mol. The van der Waals surface area contributed by atoms with E-state index in [1.165, 1.54) is 0 Å². The number of ether oxygens (including phenoxy) is 1. The van der Waals surface area contributed by atoms with E-state index in [1.54, 1.807) is 11.1 Å². The predicted octanol–water partition coefficient (Wildman–Crippen LogP) is 0.348. The van der Waals surface area contributed by atoms with Crippen LogP contribution < -0.4 is 10.6 Å². The Balaban J connectivity index is 1.29. The smallest absolute Gasteiger partial charge is 0.229 e. The van der Waals surface area contributed by atoms with Crippen molar-refractivity contribution in [3.05, 3.63) is 23.4 Å². The molecule has 2 bridgehead atoms. The highest BCUT2D eigenvalue weighted by molar-refractivity contribution is 6.32. The lowest BCUT2D eigenvalue weighted by molar-refractivity contribution is -0.144. The Labute approximate surface area is 174 Å². The Morgan fingerprint density at radius 3 is 2.86 bits per heavy atom. The van der Waals surface area contributed by atoms with E-state index in [4.69, 9.17) is 22.1 Å². The van der Waals surface area contributed by atoms with Gasteiger partial charge in [-0.05, 0) is 25.0 Å². The molecule has 9 heteroatoms. The van der Waals surface area contributed by atoms with Crippen LogP contribution in [0.2, 0.25) is 5.02 Å². The number of pyridine rings is 1. The summed E-state index contributed by atoms with van der Waals surface area (Å²) in [7, 11) is 0. The van der Waals surface area contributed by atoms with Gasteiger partial charge in [-0.15, -0.1) is 0 Å². The van der Waals surface area contributed by atoms with Crippen LogP contribution in [0.15, 0.2) is 18.3 Å². The van der Waals surface area contributed by atoms with E-state index in [9.17, 15) is 9.59 Å². The number of amides is 2. The molecule has 4 saturated heterocycles. The molecule has 1 aromatic heterocycles. The summed E-state index contributed by atoms with van der Waals surface area (Å²) < 4.78 is 6.27. The van der Waals surface area contributed by atoms with E-state index < -0.39 is 5.60 Å². The number of hydrogen-bond acceptors (Lipinski definition) is 6. The molecule has 5 heterocycles. The van der Waals surface area contributed by atoms with E-state index in [2.05, 4.69) is 9.88 Å². The molecule has 0 aromatic carbocycles. The summed E-state index contributed by atoms with van der Waals surface area (Å²) in [4.78, 5) is 36.6. The lowest BCUT2D eigenvalue weighted by atomic mass is 9.72. The quantitative estimate of drug-likeness (QED) is 0.757. The van der Waals surface area contributed by atoms with Crippen LogP contribution in [0.5, 0.6) is 0 Å². The number of fused-ring (bicyclic) bond motifs is 1. The SMILES string of the molecule is NCCN1C[C@]23CC[C@H](O2)[C@H](C(=O)N2CCN(c4ncccc4Cl)CC2)[C@@H]3C1=O. The fraction of sp³-hybridized carbons (Fsp3) is 0.650. The normalized spacial score (nSPS) is 33.5. The number of hydrogen-bond donors (Lipinski definition) is 1. The molecule has 1 spiro atoms.